The van der Waals surface area contributed by atoms with E-state index in [0.29, 0.717) is 18.9 Å². The van der Waals surface area contributed by atoms with Gasteiger partial charge in [-0.1, -0.05) is 0 Å². The van der Waals surface area contributed by atoms with Crippen LogP contribution in [0.25, 0.3) is 0 Å². The van der Waals surface area contributed by atoms with Crippen molar-refractivity contribution in [2.24, 2.45) is 4.99 Å². The van der Waals surface area contributed by atoms with Crippen LogP contribution in [0, 0.1) is 0 Å². The number of halogens is 1. The first-order valence-electron chi connectivity index (χ1n) is 7.97. The predicted molar refractivity (Wildman–Crippen MR) is 111 cm³/mol. The minimum absolute atomic E-state index is 0. The van der Waals surface area contributed by atoms with Gasteiger partial charge in [0.2, 0.25) is 10.0 Å². The Morgan fingerprint density at radius 1 is 1.42 bits per heavy atom. The fourth-order valence-electron chi connectivity index (χ4n) is 2.36. The summed E-state index contributed by atoms with van der Waals surface area (Å²) in [5, 5.41) is 6.10. The molecule has 0 bridgehead atoms. The molecule has 12 heteroatoms. The quantitative estimate of drug-likeness (QED) is 0.196. The van der Waals surface area contributed by atoms with Crippen LogP contribution in [0.2, 0.25) is 0 Å². The number of rotatable bonds is 7. The van der Waals surface area contributed by atoms with Crippen molar-refractivity contribution in [3.05, 3.63) is 24.5 Å². The molecular formula is C14H24IN5O4S2. The van der Waals surface area contributed by atoms with E-state index < -0.39 is 19.9 Å². The summed E-state index contributed by atoms with van der Waals surface area (Å²) in [5.74, 6) is 0.741. The van der Waals surface area contributed by atoms with Crippen molar-refractivity contribution >= 4 is 49.8 Å². The Kier molecular flexibility index (Phi) is 9.19. The molecule has 0 amide bonds. The number of hydrogen-bond acceptors (Lipinski definition) is 6. The molecule has 3 N–H and O–H groups in total. The van der Waals surface area contributed by atoms with Crippen LogP contribution >= 0.6 is 24.0 Å². The van der Waals surface area contributed by atoms with Gasteiger partial charge in [-0.2, -0.15) is 0 Å². The van der Waals surface area contributed by atoms with E-state index in [1.807, 2.05) is 6.92 Å². The van der Waals surface area contributed by atoms with Crippen molar-refractivity contribution in [3.63, 3.8) is 0 Å². The van der Waals surface area contributed by atoms with Crippen LogP contribution in [0.3, 0.4) is 0 Å². The largest absolute Gasteiger partial charge is 0.357 e. The van der Waals surface area contributed by atoms with Crippen molar-refractivity contribution < 1.29 is 16.8 Å². The predicted octanol–water partition coefficient (Wildman–Crippen LogP) is -0.280. The van der Waals surface area contributed by atoms with Gasteiger partial charge < -0.3 is 10.6 Å². The number of nitrogens with one attached hydrogen (secondary N) is 3. The van der Waals surface area contributed by atoms with E-state index in [2.05, 4.69) is 25.3 Å². The lowest BCUT2D eigenvalue weighted by molar-refractivity contribution is 0.581. The Hall–Kier alpha value is -0.990. The second-order valence-electron chi connectivity index (χ2n) is 5.59. The average molecular weight is 517 g/mol. The molecule has 26 heavy (non-hydrogen) atoms. The summed E-state index contributed by atoms with van der Waals surface area (Å²) in [7, 11) is -6.58. The molecule has 2 rings (SSSR count). The summed E-state index contributed by atoms with van der Waals surface area (Å²) >= 11 is 0. The first-order valence-corrected chi connectivity index (χ1v) is 11.3. The van der Waals surface area contributed by atoms with Gasteiger partial charge in [-0.3, -0.25) is 9.98 Å². The lowest BCUT2D eigenvalue weighted by Gasteiger charge is -2.15. The third-order valence-corrected chi connectivity index (χ3v) is 6.75. The summed E-state index contributed by atoms with van der Waals surface area (Å²) < 4.78 is 49.6. The van der Waals surface area contributed by atoms with Gasteiger partial charge in [-0.25, -0.2) is 21.6 Å². The molecule has 1 aromatic rings. The first kappa shape index (κ1) is 23.0. The fraction of sp³-hybridized carbons (Fsp3) is 0.571. The molecule has 1 atom stereocenters. The molecule has 9 nitrogen and oxygen atoms in total. The van der Waals surface area contributed by atoms with Crippen LogP contribution in [0.4, 0.5) is 0 Å². The fourth-order valence-corrected chi connectivity index (χ4v) is 5.02. The van der Waals surface area contributed by atoms with Crippen LogP contribution in [-0.4, -0.2) is 65.0 Å². The van der Waals surface area contributed by atoms with Crippen molar-refractivity contribution in [2.75, 3.05) is 31.1 Å². The van der Waals surface area contributed by atoms with Gasteiger partial charge in [0.25, 0.3) is 0 Å². The molecule has 1 fully saturated rings. The first-order chi connectivity index (χ1) is 11.8. The van der Waals surface area contributed by atoms with Gasteiger partial charge in [0.1, 0.15) is 4.90 Å². The van der Waals surface area contributed by atoms with Gasteiger partial charge in [0, 0.05) is 31.5 Å². The Bertz CT molecular complexity index is 800. The van der Waals surface area contributed by atoms with Gasteiger partial charge >= 0.3 is 0 Å². The maximum Gasteiger partial charge on any atom is 0.242 e. The van der Waals surface area contributed by atoms with Crippen LogP contribution < -0.4 is 15.4 Å². The summed E-state index contributed by atoms with van der Waals surface area (Å²) in [6, 6.07) is 2.84. The molecule has 0 aromatic carbocycles. The molecule has 1 aromatic heterocycles. The SMILES string of the molecule is CCNC(=NCCNS(=O)(=O)c1cccnc1)NC1CCS(=O)(=O)C1.I. The molecule has 0 spiro atoms. The average Bonchev–Trinajstić information content (AvgIpc) is 2.91. The molecule has 0 saturated carbocycles. The lowest BCUT2D eigenvalue weighted by atomic mass is 10.3. The summed E-state index contributed by atoms with van der Waals surface area (Å²) in [5.41, 5.74) is 0. The normalized spacial score (nSPS) is 19.6. The van der Waals surface area contributed by atoms with Gasteiger partial charge in [0.05, 0.1) is 18.1 Å². The molecule has 148 valence electrons. The maximum absolute atomic E-state index is 12.1. The van der Waals surface area contributed by atoms with E-state index in [1.54, 1.807) is 6.07 Å². The Morgan fingerprint density at radius 3 is 2.77 bits per heavy atom. The number of aromatic nitrogens is 1. The number of hydrogen-bond donors (Lipinski definition) is 3. The standard InChI is InChI=1S/C14H23N5O4S2.HI/c1-2-16-14(19-12-5-9-24(20,21)11-12)17-7-8-18-25(22,23)13-4-3-6-15-10-13;/h3-4,6,10,12,18H,2,5,7-9,11H2,1H3,(H2,16,17,19);1H. The summed E-state index contributed by atoms with van der Waals surface area (Å²) in [6.45, 7) is 2.85. The van der Waals surface area contributed by atoms with Crippen LogP contribution in [0.15, 0.2) is 34.4 Å². The van der Waals surface area contributed by atoms with Gasteiger partial charge in [0.15, 0.2) is 15.8 Å². The Balaban J connectivity index is 0.00000338. The highest BCUT2D eigenvalue weighted by Crippen LogP contribution is 2.11. The van der Waals surface area contributed by atoms with Gasteiger partial charge in [-0.15, -0.1) is 24.0 Å². The molecule has 1 aliphatic rings. The molecule has 1 saturated heterocycles. The van der Waals surface area contributed by atoms with E-state index in [1.165, 1.54) is 18.5 Å². The summed E-state index contributed by atoms with van der Waals surface area (Å²) in [4.78, 5) is 8.16. The van der Waals surface area contributed by atoms with Crippen molar-refractivity contribution in [1.29, 1.82) is 0 Å². The Labute approximate surface area is 171 Å². The third-order valence-electron chi connectivity index (χ3n) is 3.54. The zero-order valence-electron chi connectivity index (χ0n) is 14.4. The van der Waals surface area contributed by atoms with Crippen molar-refractivity contribution in [1.82, 2.24) is 20.3 Å². The second-order valence-corrected chi connectivity index (χ2v) is 9.59. The van der Waals surface area contributed by atoms with E-state index in [4.69, 9.17) is 0 Å². The highest BCUT2D eigenvalue weighted by molar-refractivity contribution is 14.0. The van der Waals surface area contributed by atoms with Crippen LogP contribution in [0.1, 0.15) is 13.3 Å². The monoisotopic (exact) mass is 517 g/mol. The number of sulfonamides is 1. The topological polar surface area (TPSA) is 130 Å². The van der Waals surface area contributed by atoms with Crippen molar-refractivity contribution in [3.8, 4) is 0 Å². The maximum atomic E-state index is 12.1. The molecule has 0 aliphatic carbocycles. The molecule has 2 heterocycles. The lowest BCUT2D eigenvalue weighted by Crippen LogP contribution is -2.44. The van der Waals surface area contributed by atoms with E-state index in [-0.39, 0.29) is 59.5 Å². The number of pyridine rings is 1. The van der Waals surface area contributed by atoms with E-state index >= 15 is 0 Å². The minimum atomic E-state index is -3.61. The minimum Gasteiger partial charge on any atom is -0.357 e. The molecule has 0 radical (unpaired) electrons. The number of aliphatic imine (C=N–C) groups is 1. The van der Waals surface area contributed by atoms with E-state index in [0.717, 1.165) is 0 Å². The molecule has 1 aliphatic heterocycles. The van der Waals surface area contributed by atoms with Crippen LogP contribution in [0.5, 0.6) is 0 Å². The molecule has 1 unspecified atom stereocenters. The third kappa shape index (κ3) is 7.32. The van der Waals surface area contributed by atoms with Gasteiger partial charge in [-0.05, 0) is 25.5 Å². The molecular weight excluding hydrogens is 493 g/mol. The van der Waals surface area contributed by atoms with E-state index in [9.17, 15) is 16.8 Å². The highest BCUT2D eigenvalue weighted by atomic mass is 127. The smallest absolute Gasteiger partial charge is 0.242 e. The van der Waals surface area contributed by atoms with Crippen LogP contribution in [-0.2, 0) is 19.9 Å². The number of sulfone groups is 1. The van der Waals surface area contributed by atoms with Crippen molar-refractivity contribution in [2.45, 2.75) is 24.3 Å². The second kappa shape index (κ2) is 10.4. The number of guanidine groups is 1. The highest BCUT2D eigenvalue weighted by Gasteiger charge is 2.28. The zero-order valence-corrected chi connectivity index (χ0v) is 18.3. The zero-order chi connectivity index (χ0) is 18.3. The Morgan fingerprint density at radius 2 is 2.19 bits per heavy atom. The summed E-state index contributed by atoms with van der Waals surface area (Å²) in [6.07, 6.45) is 3.32. The number of nitrogens with zero attached hydrogens (tertiary/aromatic N) is 2.